The van der Waals surface area contributed by atoms with Crippen LogP contribution in [0.4, 0.5) is 31.0 Å². The van der Waals surface area contributed by atoms with Crippen LogP contribution in [0.2, 0.25) is 0 Å². The lowest BCUT2D eigenvalue weighted by atomic mass is 10.0. The summed E-state index contributed by atoms with van der Waals surface area (Å²) >= 11 is 0. The zero-order valence-electron chi connectivity index (χ0n) is 45.0. The summed E-state index contributed by atoms with van der Waals surface area (Å²) in [6.45, 7) is 16.2. The zero-order valence-corrected chi connectivity index (χ0v) is 45.0. The van der Waals surface area contributed by atoms with Crippen molar-refractivity contribution < 1.29 is 42.6 Å². The van der Waals surface area contributed by atoms with E-state index in [0.717, 1.165) is 16.8 Å². The fourth-order valence-electron chi connectivity index (χ4n) is 9.75. The number of halogens is 1. The van der Waals surface area contributed by atoms with Gasteiger partial charge in [-0.15, -0.1) is 0 Å². The minimum atomic E-state index is -0.990. The number of nitrogens with zero attached hydrogens (tertiary/aromatic N) is 5. The molecule has 0 bridgehead atoms. The number of carbonyl (C=O) groups excluding carboxylic acids is 6. The summed E-state index contributed by atoms with van der Waals surface area (Å²) in [4.78, 5) is 91.9. The van der Waals surface area contributed by atoms with Crippen molar-refractivity contribution in [2.75, 3.05) is 41.7 Å². The van der Waals surface area contributed by atoms with Gasteiger partial charge in [-0.3, -0.25) is 29.0 Å². The van der Waals surface area contributed by atoms with Gasteiger partial charge >= 0.3 is 12.2 Å². The summed E-state index contributed by atoms with van der Waals surface area (Å²) in [5.41, 5.74) is 3.39. The van der Waals surface area contributed by atoms with Crippen LogP contribution in [0.3, 0.4) is 0 Å². The molecule has 2 fully saturated rings. The van der Waals surface area contributed by atoms with Crippen LogP contribution in [-0.2, 0) is 41.7 Å². The van der Waals surface area contributed by atoms with Crippen molar-refractivity contribution in [1.82, 2.24) is 19.6 Å². The molecular formula is C60H72FN7O8. The molecule has 5 aromatic rings. The average molecular weight is 1040 g/mol. The second kappa shape index (κ2) is 24.7. The van der Waals surface area contributed by atoms with E-state index < -0.39 is 47.6 Å². The van der Waals surface area contributed by atoms with Crippen molar-refractivity contribution in [2.45, 2.75) is 130 Å². The number of hydrogen-bond donors (Lipinski definition) is 2. The van der Waals surface area contributed by atoms with Gasteiger partial charge in [0, 0.05) is 56.3 Å². The van der Waals surface area contributed by atoms with Gasteiger partial charge in [0.25, 0.3) is 11.8 Å². The largest absolute Gasteiger partial charge is 0.444 e. The molecule has 16 heteroatoms. The number of benzene rings is 5. The first kappa shape index (κ1) is 56.0. The number of anilines is 3. The molecule has 0 saturated carbocycles. The van der Waals surface area contributed by atoms with E-state index in [9.17, 15) is 33.2 Å². The third kappa shape index (κ3) is 14.3. The topological polar surface area (TPSA) is 161 Å². The first-order chi connectivity index (χ1) is 36.2. The van der Waals surface area contributed by atoms with Crippen LogP contribution < -0.4 is 15.5 Å². The Bertz CT molecular complexity index is 2620. The first-order valence-electron chi connectivity index (χ1n) is 26.2. The summed E-state index contributed by atoms with van der Waals surface area (Å²) in [6, 6.07) is 35.8. The van der Waals surface area contributed by atoms with E-state index in [-0.39, 0.29) is 42.5 Å². The number of carbonyl (C=O) groups is 6. The summed E-state index contributed by atoms with van der Waals surface area (Å²) in [5, 5.41) is 6.03. The molecule has 0 spiro atoms. The highest BCUT2D eigenvalue weighted by Crippen LogP contribution is 2.33. The average Bonchev–Trinajstić information content (AvgIpc) is 4.09. The Morgan fingerprint density at radius 3 is 1.26 bits per heavy atom. The van der Waals surface area contributed by atoms with Crippen molar-refractivity contribution in [3.05, 3.63) is 162 Å². The maximum absolute atomic E-state index is 14.5. The number of ether oxygens (including phenoxy) is 2. The number of likely N-dealkylation sites (tertiary alicyclic amines) is 2. The molecule has 0 radical (unpaired) electrons. The highest BCUT2D eigenvalue weighted by atomic mass is 19.1. The molecule has 0 aliphatic carbocycles. The van der Waals surface area contributed by atoms with Crippen LogP contribution >= 0.6 is 0 Å². The summed E-state index contributed by atoms with van der Waals surface area (Å²) in [7, 11) is 0. The Morgan fingerprint density at radius 1 is 0.553 bits per heavy atom. The van der Waals surface area contributed by atoms with Crippen LogP contribution in [0.15, 0.2) is 133 Å². The van der Waals surface area contributed by atoms with E-state index in [1.54, 1.807) is 102 Å². The van der Waals surface area contributed by atoms with Gasteiger partial charge in [-0.1, -0.05) is 84.9 Å². The summed E-state index contributed by atoms with van der Waals surface area (Å²) in [5.74, 6) is -1.74. The fourth-order valence-corrected chi connectivity index (χ4v) is 9.75. The molecule has 2 N–H and O–H groups in total. The lowest BCUT2D eigenvalue weighted by Crippen LogP contribution is -2.50. The predicted octanol–water partition coefficient (Wildman–Crippen LogP) is 10.9. The van der Waals surface area contributed by atoms with Crippen molar-refractivity contribution >= 4 is 52.9 Å². The Labute approximate surface area is 446 Å². The maximum atomic E-state index is 14.5. The molecule has 0 aromatic heterocycles. The normalized spacial score (nSPS) is 16.3. The van der Waals surface area contributed by atoms with Crippen LogP contribution in [0.5, 0.6) is 0 Å². The number of rotatable bonds is 17. The third-order valence-electron chi connectivity index (χ3n) is 13.3. The molecule has 402 valence electrons. The number of likely N-dealkylation sites (N-methyl/N-ethyl adjacent to an activating group) is 2. The molecule has 5 aromatic carbocycles. The van der Waals surface area contributed by atoms with Crippen molar-refractivity contribution in [1.29, 1.82) is 0 Å². The SMILES string of the molecule is CCN(C(=O)OC(C)(C)C)[C@@H](C(=O)N1CCC[C@H]1C(=O)Nc1ccc(CN(Cc2ccc(NC(=O)[C@@H]3CCCN3C(=O)[C@@H](c3ccccc3)N(CC)C(=O)OC(C)(C)C)cc2)c2ccc(F)cc2)cc1)c1ccccc1. The third-order valence-corrected chi connectivity index (χ3v) is 13.3. The quantitative estimate of drug-likeness (QED) is 0.0923. The standard InChI is InChI=1S/C60H72FN7O8/c1-9-65(57(73)75-59(3,4)5)51(43-19-13-11-14-20-43)55(71)67-37-17-23-49(67)53(69)62-46-31-25-41(26-32-46)39-64(48-35-29-45(61)30-36-48)40-42-27-33-47(34-28-42)63-54(70)50-24-18-38-68(50)56(72)52(44-21-15-12-16-22-44)66(10-2)58(74)76-60(6,7)8/h11-16,19-22,25-36,49-52H,9-10,17-18,23-24,37-40H2,1-8H3,(H,62,69)(H,63,70)/t49-,50-,51+,52+/m0/s1. The van der Waals surface area contributed by atoms with Gasteiger partial charge in [0.05, 0.1) is 0 Å². The molecule has 0 unspecified atom stereocenters. The minimum Gasteiger partial charge on any atom is -0.444 e. The number of amides is 6. The van der Waals surface area contributed by atoms with Gasteiger partial charge < -0.3 is 34.8 Å². The minimum absolute atomic E-state index is 0.212. The highest BCUT2D eigenvalue weighted by molar-refractivity contribution is 6.00. The van der Waals surface area contributed by atoms with Crippen LogP contribution in [0.1, 0.15) is 115 Å². The summed E-state index contributed by atoms with van der Waals surface area (Å²) in [6.07, 6.45) is 0.929. The second-order valence-electron chi connectivity index (χ2n) is 21.2. The fraction of sp³-hybridized carbons (Fsp3) is 0.400. The Kier molecular flexibility index (Phi) is 18.2. The van der Waals surface area contributed by atoms with Crippen LogP contribution in [-0.4, -0.2) is 105 Å². The molecular weight excluding hydrogens is 966 g/mol. The van der Waals surface area contributed by atoms with Gasteiger partial charge in [0.1, 0.15) is 41.2 Å². The number of nitrogens with one attached hydrogen (secondary N) is 2. The molecule has 2 heterocycles. The zero-order chi connectivity index (χ0) is 54.7. The molecule has 6 amide bonds. The molecule has 76 heavy (non-hydrogen) atoms. The lowest BCUT2D eigenvalue weighted by Gasteiger charge is -2.35. The Hall–Kier alpha value is -7.75. The molecule has 15 nitrogen and oxygen atoms in total. The smallest absolute Gasteiger partial charge is 0.411 e. The lowest BCUT2D eigenvalue weighted by molar-refractivity contribution is -0.141. The van der Waals surface area contributed by atoms with Gasteiger partial charge in [-0.05, 0) is 152 Å². The maximum Gasteiger partial charge on any atom is 0.411 e. The second-order valence-corrected chi connectivity index (χ2v) is 21.2. The Morgan fingerprint density at radius 2 is 0.921 bits per heavy atom. The molecule has 2 aliphatic heterocycles. The van der Waals surface area contributed by atoms with Crippen LogP contribution in [0, 0.1) is 5.82 Å². The van der Waals surface area contributed by atoms with E-state index >= 15 is 0 Å². The molecule has 2 aliphatic rings. The predicted molar refractivity (Wildman–Crippen MR) is 291 cm³/mol. The van der Waals surface area contributed by atoms with E-state index in [4.69, 9.17) is 9.47 Å². The van der Waals surface area contributed by atoms with E-state index in [0.29, 0.717) is 74.4 Å². The molecule has 2 saturated heterocycles. The van der Waals surface area contributed by atoms with Gasteiger partial charge in [-0.2, -0.15) is 0 Å². The van der Waals surface area contributed by atoms with E-state index in [1.807, 2.05) is 84.9 Å². The van der Waals surface area contributed by atoms with Gasteiger partial charge in [0.15, 0.2) is 0 Å². The van der Waals surface area contributed by atoms with Crippen LogP contribution in [0.25, 0.3) is 0 Å². The first-order valence-corrected chi connectivity index (χ1v) is 26.2. The monoisotopic (exact) mass is 1040 g/mol. The highest BCUT2D eigenvalue weighted by Gasteiger charge is 2.43. The van der Waals surface area contributed by atoms with E-state index in [2.05, 4.69) is 15.5 Å². The van der Waals surface area contributed by atoms with E-state index in [1.165, 1.54) is 21.9 Å². The molecule has 4 atom stereocenters. The molecule has 7 rings (SSSR count). The summed E-state index contributed by atoms with van der Waals surface area (Å²) < 4.78 is 25.6. The number of hydrogen-bond acceptors (Lipinski definition) is 9. The van der Waals surface area contributed by atoms with Crippen molar-refractivity contribution in [2.24, 2.45) is 0 Å². The van der Waals surface area contributed by atoms with Crippen molar-refractivity contribution in [3.8, 4) is 0 Å². The Balaban J connectivity index is 1.01. The van der Waals surface area contributed by atoms with Gasteiger partial charge in [0.2, 0.25) is 11.8 Å². The van der Waals surface area contributed by atoms with Crippen molar-refractivity contribution in [3.63, 3.8) is 0 Å². The van der Waals surface area contributed by atoms with Gasteiger partial charge in [-0.25, -0.2) is 14.0 Å².